The molecule has 0 saturated heterocycles. The van der Waals surface area contributed by atoms with Gasteiger partial charge in [-0.05, 0) is 11.8 Å². The Hall–Kier alpha value is -1.05. The Bertz CT molecular complexity index is 392. The summed E-state index contributed by atoms with van der Waals surface area (Å²) in [5, 5.41) is 2.25. The lowest BCUT2D eigenvalue weighted by Gasteiger charge is -2.09. The number of nitrogens with one attached hydrogen (secondary N) is 1. The molecule has 0 amide bonds. The molecular formula is C9H7F6NS. The molecule has 0 heterocycles. The second-order valence-electron chi connectivity index (χ2n) is 2.97. The van der Waals surface area contributed by atoms with Gasteiger partial charge >= 0.3 is 5.51 Å². The highest BCUT2D eigenvalue weighted by atomic mass is 32.2. The maximum absolute atomic E-state index is 13.0. The van der Waals surface area contributed by atoms with Gasteiger partial charge in [0.2, 0.25) is 0 Å². The summed E-state index contributed by atoms with van der Waals surface area (Å²) in [4.78, 5) is 0. The van der Waals surface area contributed by atoms with E-state index in [9.17, 15) is 26.3 Å². The fraction of sp³-hybridized carbons (Fsp3) is 0.333. The molecule has 0 spiro atoms. The first-order chi connectivity index (χ1) is 7.79. The molecule has 0 atom stereocenters. The van der Waals surface area contributed by atoms with Crippen molar-refractivity contribution < 1.29 is 26.3 Å². The highest BCUT2D eigenvalue weighted by Gasteiger charge is 2.27. The van der Waals surface area contributed by atoms with Crippen molar-refractivity contribution in [3.05, 3.63) is 29.6 Å². The number of hydrogen-bond donors (Lipinski definition) is 1. The number of alkyl halides is 3. The van der Waals surface area contributed by atoms with E-state index in [-0.39, 0.29) is 29.7 Å². The van der Waals surface area contributed by atoms with Gasteiger partial charge in [-0.25, -0.2) is 13.2 Å². The first kappa shape index (κ1) is 14.0. The highest BCUT2D eigenvalue weighted by Crippen LogP contribution is 2.29. The number of hydrogen-bond acceptors (Lipinski definition) is 2. The Kier molecular flexibility index (Phi) is 4.55. The van der Waals surface area contributed by atoms with Crippen LogP contribution in [0.15, 0.2) is 12.1 Å². The van der Waals surface area contributed by atoms with E-state index < -0.39 is 23.0 Å². The zero-order valence-corrected chi connectivity index (χ0v) is 9.06. The van der Waals surface area contributed by atoms with Crippen molar-refractivity contribution in [2.24, 2.45) is 0 Å². The van der Waals surface area contributed by atoms with Crippen LogP contribution < -0.4 is 5.32 Å². The van der Waals surface area contributed by atoms with E-state index in [0.29, 0.717) is 12.1 Å². The third-order valence-corrected chi connectivity index (χ3v) is 2.43. The van der Waals surface area contributed by atoms with Gasteiger partial charge in [0, 0.05) is 24.4 Å². The summed E-state index contributed by atoms with van der Waals surface area (Å²) in [7, 11) is 0. The zero-order valence-electron chi connectivity index (χ0n) is 8.24. The Morgan fingerprint density at radius 1 is 1.00 bits per heavy atom. The minimum Gasteiger partial charge on any atom is -0.382 e. The van der Waals surface area contributed by atoms with E-state index in [1.54, 1.807) is 0 Å². The molecule has 0 aliphatic rings. The maximum Gasteiger partial charge on any atom is 0.441 e. The van der Waals surface area contributed by atoms with Gasteiger partial charge in [0.25, 0.3) is 0 Å². The molecule has 0 aromatic heterocycles. The van der Waals surface area contributed by atoms with E-state index >= 15 is 0 Å². The minimum atomic E-state index is -4.37. The van der Waals surface area contributed by atoms with Crippen molar-refractivity contribution in [3.8, 4) is 0 Å². The molecule has 1 rings (SSSR count). The Balaban J connectivity index is 2.50. The summed E-state index contributed by atoms with van der Waals surface area (Å²) in [6.07, 6.45) is 0. The van der Waals surface area contributed by atoms with Crippen LogP contribution in [0.5, 0.6) is 0 Å². The van der Waals surface area contributed by atoms with Gasteiger partial charge < -0.3 is 5.32 Å². The third kappa shape index (κ3) is 4.76. The predicted octanol–water partition coefficient (Wildman–Crippen LogP) is 3.77. The molecule has 0 radical (unpaired) electrons. The van der Waals surface area contributed by atoms with E-state index in [4.69, 9.17) is 0 Å². The zero-order chi connectivity index (χ0) is 13.1. The third-order valence-electron chi connectivity index (χ3n) is 1.69. The molecule has 17 heavy (non-hydrogen) atoms. The lowest BCUT2D eigenvalue weighted by molar-refractivity contribution is -0.0327. The average molecular weight is 275 g/mol. The normalized spacial score (nSPS) is 11.6. The fourth-order valence-electron chi connectivity index (χ4n) is 1.01. The summed E-state index contributed by atoms with van der Waals surface area (Å²) >= 11 is -0.287. The van der Waals surface area contributed by atoms with Gasteiger partial charge in [-0.1, -0.05) is 0 Å². The molecule has 0 saturated carbocycles. The summed E-state index contributed by atoms with van der Waals surface area (Å²) in [5.41, 5.74) is -4.74. The molecule has 8 heteroatoms. The van der Waals surface area contributed by atoms with Crippen LogP contribution in [0, 0.1) is 17.5 Å². The molecule has 96 valence electrons. The highest BCUT2D eigenvalue weighted by molar-refractivity contribution is 8.00. The van der Waals surface area contributed by atoms with E-state index in [2.05, 4.69) is 5.32 Å². The molecule has 1 aromatic rings. The van der Waals surface area contributed by atoms with Crippen LogP contribution in [0.25, 0.3) is 0 Å². The first-order valence-electron chi connectivity index (χ1n) is 4.38. The smallest absolute Gasteiger partial charge is 0.382 e. The topological polar surface area (TPSA) is 12.0 Å². The number of thioether (sulfide) groups is 1. The molecule has 0 bridgehead atoms. The van der Waals surface area contributed by atoms with Crippen LogP contribution >= 0.6 is 11.8 Å². The molecule has 0 aliphatic carbocycles. The molecule has 1 nitrogen and oxygen atoms in total. The molecule has 1 N–H and O–H groups in total. The van der Waals surface area contributed by atoms with Crippen molar-refractivity contribution in [3.63, 3.8) is 0 Å². The number of benzene rings is 1. The molecule has 0 aliphatic heterocycles. The van der Waals surface area contributed by atoms with Gasteiger partial charge in [-0.3, -0.25) is 0 Å². The Labute approximate surface area is 97.2 Å². The molecule has 0 unspecified atom stereocenters. The van der Waals surface area contributed by atoms with E-state index in [0.717, 1.165) is 0 Å². The summed E-state index contributed by atoms with van der Waals surface area (Å²) in [6.45, 7) is -0.216. The van der Waals surface area contributed by atoms with Crippen molar-refractivity contribution in [2.75, 3.05) is 17.6 Å². The van der Waals surface area contributed by atoms with Gasteiger partial charge in [0.05, 0.1) is 5.69 Å². The standard InChI is InChI=1S/C9H7F6NS/c10-5-3-7(12)8(4-6(5)11)16-1-2-17-9(13,14)15/h3-4,16H,1-2H2. The Morgan fingerprint density at radius 2 is 1.59 bits per heavy atom. The van der Waals surface area contributed by atoms with Crippen molar-refractivity contribution in [2.45, 2.75) is 5.51 Å². The van der Waals surface area contributed by atoms with Crippen LogP contribution in [0.2, 0.25) is 0 Å². The quantitative estimate of drug-likeness (QED) is 0.510. The lowest BCUT2D eigenvalue weighted by Crippen LogP contribution is -2.10. The van der Waals surface area contributed by atoms with Crippen LogP contribution in [-0.4, -0.2) is 17.8 Å². The molecule has 1 aromatic carbocycles. The van der Waals surface area contributed by atoms with Gasteiger partial charge in [-0.2, -0.15) is 13.2 Å². The van der Waals surface area contributed by atoms with Crippen LogP contribution in [-0.2, 0) is 0 Å². The van der Waals surface area contributed by atoms with Gasteiger partial charge in [0.15, 0.2) is 11.6 Å². The van der Waals surface area contributed by atoms with Crippen molar-refractivity contribution >= 4 is 17.4 Å². The van der Waals surface area contributed by atoms with Gasteiger partial charge in [0.1, 0.15) is 5.82 Å². The summed E-state index contributed by atoms with van der Waals surface area (Å²) < 4.78 is 73.4. The van der Waals surface area contributed by atoms with E-state index in [1.807, 2.05) is 0 Å². The van der Waals surface area contributed by atoms with Crippen LogP contribution in [0.4, 0.5) is 32.0 Å². The SMILES string of the molecule is Fc1cc(F)c(NCCSC(F)(F)F)cc1F. The second kappa shape index (κ2) is 5.52. The summed E-state index contributed by atoms with van der Waals surface area (Å²) in [6, 6.07) is 0.886. The lowest BCUT2D eigenvalue weighted by atomic mass is 10.3. The largest absolute Gasteiger partial charge is 0.441 e. The van der Waals surface area contributed by atoms with Crippen molar-refractivity contribution in [1.29, 1.82) is 0 Å². The Morgan fingerprint density at radius 3 is 2.18 bits per heavy atom. The predicted molar refractivity (Wildman–Crippen MR) is 53.3 cm³/mol. The minimum absolute atomic E-state index is 0.216. The maximum atomic E-state index is 13.0. The van der Waals surface area contributed by atoms with Crippen molar-refractivity contribution in [1.82, 2.24) is 0 Å². The number of rotatable bonds is 4. The monoisotopic (exact) mass is 275 g/mol. The number of anilines is 1. The second-order valence-corrected chi connectivity index (χ2v) is 4.13. The van der Waals surface area contributed by atoms with E-state index in [1.165, 1.54) is 0 Å². The molecular weight excluding hydrogens is 268 g/mol. The molecule has 0 fully saturated rings. The first-order valence-corrected chi connectivity index (χ1v) is 5.37. The fourth-order valence-corrected chi connectivity index (χ4v) is 1.45. The number of halogens is 6. The van der Waals surface area contributed by atoms with Crippen LogP contribution in [0.3, 0.4) is 0 Å². The van der Waals surface area contributed by atoms with Gasteiger partial charge in [-0.15, -0.1) is 0 Å². The van der Waals surface area contributed by atoms with Crippen LogP contribution in [0.1, 0.15) is 0 Å². The summed E-state index contributed by atoms with van der Waals surface area (Å²) in [5.74, 6) is -4.03. The average Bonchev–Trinajstić information content (AvgIpc) is 2.18.